The fourth-order valence-electron chi connectivity index (χ4n) is 1.12. The van der Waals surface area contributed by atoms with Gasteiger partial charge < -0.3 is 16.2 Å². The SMILES string of the molecule is CCC(N[C@H](CO)C(C)C)C(N)=O. The molecule has 0 rings (SSSR count). The number of rotatable bonds is 6. The number of nitrogens with two attached hydrogens (primary N) is 1. The second-order valence-corrected chi connectivity index (χ2v) is 3.56. The highest BCUT2D eigenvalue weighted by atomic mass is 16.3. The summed E-state index contributed by atoms with van der Waals surface area (Å²) in [6.45, 7) is 5.89. The van der Waals surface area contributed by atoms with E-state index in [2.05, 4.69) is 5.32 Å². The Hall–Kier alpha value is -0.610. The molecule has 0 saturated heterocycles. The van der Waals surface area contributed by atoms with Crippen LogP contribution < -0.4 is 11.1 Å². The van der Waals surface area contributed by atoms with Crippen LogP contribution in [0.5, 0.6) is 0 Å². The van der Waals surface area contributed by atoms with E-state index < -0.39 is 0 Å². The zero-order valence-electron chi connectivity index (χ0n) is 8.58. The van der Waals surface area contributed by atoms with E-state index in [0.29, 0.717) is 12.3 Å². The molecule has 0 saturated carbocycles. The van der Waals surface area contributed by atoms with E-state index in [-0.39, 0.29) is 24.6 Å². The van der Waals surface area contributed by atoms with E-state index in [4.69, 9.17) is 10.8 Å². The third-order valence-electron chi connectivity index (χ3n) is 2.17. The molecule has 0 aromatic rings. The fourth-order valence-corrected chi connectivity index (χ4v) is 1.12. The molecule has 0 fully saturated rings. The minimum Gasteiger partial charge on any atom is -0.395 e. The molecule has 78 valence electrons. The second kappa shape index (κ2) is 5.94. The van der Waals surface area contributed by atoms with Crippen molar-refractivity contribution in [1.29, 1.82) is 0 Å². The van der Waals surface area contributed by atoms with Crippen molar-refractivity contribution >= 4 is 5.91 Å². The number of aliphatic hydroxyl groups is 1. The number of hydrogen-bond donors (Lipinski definition) is 3. The molecule has 0 aromatic heterocycles. The molecule has 13 heavy (non-hydrogen) atoms. The summed E-state index contributed by atoms with van der Waals surface area (Å²) in [6, 6.07) is -0.392. The van der Waals surface area contributed by atoms with Crippen LogP contribution in [0.2, 0.25) is 0 Å². The van der Waals surface area contributed by atoms with Gasteiger partial charge in [-0.15, -0.1) is 0 Å². The van der Waals surface area contributed by atoms with Gasteiger partial charge in [0.05, 0.1) is 12.6 Å². The monoisotopic (exact) mass is 188 g/mol. The number of amides is 1. The first-order chi connectivity index (χ1) is 6.02. The molecule has 0 heterocycles. The zero-order chi connectivity index (χ0) is 10.4. The summed E-state index contributed by atoms with van der Waals surface area (Å²) in [6.07, 6.45) is 0.651. The van der Waals surface area contributed by atoms with E-state index in [0.717, 1.165) is 0 Å². The Morgan fingerprint density at radius 1 is 1.54 bits per heavy atom. The van der Waals surface area contributed by atoms with Gasteiger partial charge in [-0.3, -0.25) is 4.79 Å². The van der Waals surface area contributed by atoms with Gasteiger partial charge >= 0.3 is 0 Å². The molecule has 0 bridgehead atoms. The van der Waals surface area contributed by atoms with Crippen LogP contribution in [-0.4, -0.2) is 29.7 Å². The number of aliphatic hydroxyl groups excluding tert-OH is 1. The minimum atomic E-state index is -0.360. The maximum atomic E-state index is 10.9. The van der Waals surface area contributed by atoms with Crippen LogP contribution in [0.3, 0.4) is 0 Å². The van der Waals surface area contributed by atoms with Gasteiger partial charge in [0.1, 0.15) is 0 Å². The molecular weight excluding hydrogens is 168 g/mol. The lowest BCUT2D eigenvalue weighted by molar-refractivity contribution is -0.120. The third kappa shape index (κ3) is 4.24. The van der Waals surface area contributed by atoms with Gasteiger partial charge in [0.15, 0.2) is 0 Å². The summed E-state index contributed by atoms with van der Waals surface area (Å²) < 4.78 is 0. The summed E-state index contributed by atoms with van der Waals surface area (Å²) in [7, 11) is 0. The number of carbonyl (C=O) groups excluding carboxylic acids is 1. The van der Waals surface area contributed by atoms with Crippen molar-refractivity contribution in [2.45, 2.75) is 39.3 Å². The predicted molar refractivity (Wildman–Crippen MR) is 52.1 cm³/mol. The number of primary amides is 1. The lowest BCUT2D eigenvalue weighted by Gasteiger charge is -2.24. The molecule has 0 aliphatic carbocycles. The summed E-state index contributed by atoms with van der Waals surface area (Å²) in [4.78, 5) is 10.9. The maximum Gasteiger partial charge on any atom is 0.234 e. The van der Waals surface area contributed by atoms with E-state index in [1.165, 1.54) is 0 Å². The van der Waals surface area contributed by atoms with Crippen molar-refractivity contribution in [3.05, 3.63) is 0 Å². The Labute approximate surface area is 79.5 Å². The average molecular weight is 188 g/mol. The van der Waals surface area contributed by atoms with Crippen LogP contribution in [0.25, 0.3) is 0 Å². The Morgan fingerprint density at radius 2 is 2.08 bits per heavy atom. The van der Waals surface area contributed by atoms with Gasteiger partial charge in [-0.2, -0.15) is 0 Å². The largest absolute Gasteiger partial charge is 0.395 e. The number of carbonyl (C=O) groups is 1. The Bertz CT molecular complexity index is 160. The molecule has 4 nitrogen and oxygen atoms in total. The quantitative estimate of drug-likeness (QED) is 0.543. The Balaban J connectivity index is 4.11. The Morgan fingerprint density at radius 3 is 2.31 bits per heavy atom. The van der Waals surface area contributed by atoms with Gasteiger partial charge in [-0.05, 0) is 12.3 Å². The first-order valence-corrected chi connectivity index (χ1v) is 4.69. The van der Waals surface area contributed by atoms with E-state index in [1.807, 2.05) is 20.8 Å². The van der Waals surface area contributed by atoms with Gasteiger partial charge in [-0.1, -0.05) is 20.8 Å². The summed E-state index contributed by atoms with van der Waals surface area (Å²) in [5.74, 6) is -0.0694. The molecule has 1 unspecified atom stereocenters. The number of nitrogens with one attached hydrogen (secondary N) is 1. The number of hydrogen-bond acceptors (Lipinski definition) is 3. The van der Waals surface area contributed by atoms with Crippen LogP contribution in [0.1, 0.15) is 27.2 Å². The molecule has 4 heteroatoms. The van der Waals surface area contributed by atoms with Crippen molar-refractivity contribution in [3.63, 3.8) is 0 Å². The molecule has 2 atom stereocenters. The molecule has 0 aliphatic rings. The maximum absolute atomic E-state index is 10.9. The highest BCUT2D eigenvalue weighted by Crippen LogP contribution is 2.03. The van der Waals surface area contributed by atoms with Crippen LogP contribution in [0.4, 0.5) is 0 Å². The lowest BCUT2D eigenvalue weighted by Crippen LogP contribution is -2.49. The minimum absolute atomic E-state index is 0.0292. The zero-order valence-corrected chi connectivity index (χ0v) is 8.58. The van der Waals surface area contributed by atoms with Crippen molar-refractivity contribution in [1.82, 2.24) is 5.32 Å². The van der Waals surface area contributed by atoms with E-state index in [9.17, 15) is 4.79 Å². The first-order valence-electron chi connectivity index (χ1n) is 4.69. The Kier molecular flexibility index (Phi) is 5.66. The summed E-state index contributed by atoms with van der Waals surface area (Å²) in [5, 5.41) is 12.0. The van der Waals surface area contributed by atoms with Gasteiger partial charge in [0.25, 0.3) is 0 Å². The fraction of sp³-hybridized carbons (Fsp3) is 0.889. The molecular formula is C9H20N2O2. The highest BCUT2D eigenvalue weighted by Gasteiger charge is 2.19. The van der Waals surface area contributed by atoms with Crippen LogP contribution in [0, 0.1) is 5.92 Å². The van der Waals surface area contributed by atoms with Gasteiger partial charge in [0, 0.05) is 6.04 Å². The molecule has 0 radical (unpaired) electrons. The molecule has 4 N–H and O–H groups in total. The molecule has 0 aromatic carbocycles. The van der Waals surface area contributed by atoms with Crippen molar-refractivity contribution in [2.24, 2.45) is 11.7 Å². The smallest absolute Gasteiger partial charge is 0.234 e. The van der Waals surface area contributed by atoms with Crippen LogP contribution in [0.15, 0.2) is 0 Å². The standard InChI is InChI=1S/C9H20N2O2/c1-4-7(9(10)13)11-8(5-12)6(2)3/h6-8,11-12H,4-5H2,1-3H3,(H2,10,13)/t7?,8-/m1/s1. The van der Waals surface area contributed by atoms with Gasteiger partial charge in [0.2, 0.25) is 5.91 Å². The van der Waals surface area contributed by atoms with Crippen molar-refractivity contribution < 1.29 is 9.90 Å². The molecule has 0 spiro atoms. The first kappa shape index (κ1) is 12.4. The van der Waals surface area contributed by atoms with Crippen molar-refractivity contribution in [3.8, 4) is 0 Å². The topological polar surface area (TPSA) is 75.3 Å². The molecule has 0 aliphatic heterocycles. The lowest BCUT2D eigenvalue weighted by atomic mass is 10.0. The molecule has 1 amide bonds. The van der Waals surface area contributed by atoms with Crippen LogP contribution >= 0.6 is 0 Å². The van der Waals surface area contributed by atoms with E-state index >= 15 is 0 Å². The normalized spacial score (nSPS) is 15.8. The summed E-state index contributed by atoms with van der Waals surface area (Å²) in [5.41, 5.74) is 5.17. The average Bonchev–Trinajstić information content (AvgIpc) is 2.05. The van der Waals surface area contributed by atoms with E-state index in [1.54, 1.807) is 0 Å². The summed E-state index contributed by atoms with van der Waals surface area (Å²) >= 11 is 0. The third-order valence-corrected chi connectivity index (χ3v) is 2.17. The van der Waals surface area contributed by atoms with Crippen molar-refractivity contribution in [2.75, 3.05) is 6.61 Å². The highest BCUT2D eigenvalue weighted by molar-refractivity contribution is 5.79. The predicted octanol–water partition coefficient (Wildman–Crippen LogP) is -0.143. The second-order valence-electron chi connectivity index (χ2n) is 3.56. The van der Waals surface area contributed by atoms with Crippen LogP contribution in [-0.2, 0) is 4.79 Å². The van der Waals surface area contributed by atoms with Gasteiger partial charge in [-0.25, -0.2) is 0 Å².